The van der Waals surface area contributed by atoms with Crippen LogP contribution in [0.25, 0.3) is 0 Å². The van der Waals surface area contributed by atoms with Gasteiger partial charge in [0.15, 0.2) is 0 Å². The Kier molecular flexibility index (Phi) is 4.29. The number of hydrogen-bond donors (Lipinski definition) is 1. The zero-order valence-corrected chi connectivity index (χ0v) is 12.2. The van der Waals surface area contributed by atoms with Crippen LogP contribution in [0.5, 0.6) is 5.75 Å². The smallest absolute Gasteiger partial charge is 0.126 e. The van der Waals surface area contributed by atoms with Gasteiger partial charge in [-0.3, -0.25) is 5.32 Å². The van der Waals surface area contributed by atoms with E-state index < -0.39 is 5.54 Å². The van der Waals surface area contributed by atoms with Crippen molar-refractivity contribution in [2.45, 2.75) is 57.7 Å². The van der Waals surface area contributed by atoms with E-state index >= 15 is 0 Å². The molecule has 0 spiro atoms. The van der Waals surface area contributed by atoms with Crippen LogP contribution in [0.3, 0.4) is 0 Å². The van der Waals surface area contributed by atoms with Gasteiger partial charge in [-0.05, 0) is 45.2 Å². The largest absolute Gasteiger partial charge is 0.490 e. The fourth-order valence-corrected chi connectivity index (χ4v) is 2.80. The fraction of sp³-hybridized carbons (Fsp3) is 0.562. The molecule has 2 atom stereocenters. The third kappa shape index (κ3) is 3.29. The molecule has 0 aliphatic heterocycles. The molecule has 1 aromatic carbocycles. The highest BCUT2D eigenvalue weighted by Gasteiger charge is 2.41. The maximum atomic E-state index is 13.3. The minimum absolute atomic E-state index is 0.0404. The van der Waals surface area contributed by atoms with E-state index in [1.165, 1.54) is 12.1 Å². The number of benzene rings is 1. The minimum atomic E-state index is -0.514. The molecule has 1 N–H and O–H groups in total. The molecule has 0 aromatic heterocycles. The third-order valence-electron chi connectivity index (χ3n) is 3.69. The van der Waals surface area contributed by atoms with Crippen molar-refractivity contribution >= 4 is 0 Å². The van der Waals surface area contributed by atoms with Gasteiger partial charge in [0, 0.05) is 18.5 Å². The van der Waals surface area contributed by atoms with Crippen molar-refractivity contribution in [3.63, 3.8) is 0 Å². The normalized spacial score (nSPS) is 25.7. The number of hydrogen-bond acceptors (Lipinski definition) is 3. The van der Waals surface area contributed by atoms with E-state index in [4.69, 9.17) is 4.74 Å². The quantitative estimate of drug-likeness (QED) is 0.917. The van der Waals surface area contributed by atoms with Gasteiger partial charge in [0.25, 0.3) is 0 Å². The number of nitrogens with zero attached hydrogens (tertiary/aromatic N) is 1. The van der Waals surface area contributed by atoms with Crippen LogP contribution in [0.2, 0.25) is 0 Å². The van der Waals surface area contributed by atoms with Crippen LogP contribution < -0.4 is 10.1 Å². The second kappa shape index (κ2) is 5.80. The van der Waals surface area contributed by atoms with Crippen molar-refractivity contribution < 1.29 is 9.13 Å². The summed E-state index contributed by atoms with van der Waals surface area (Å²) in [6.45, 7) is 5.96. The Bertz CT molecular complexity index is 524. The van der Waals surface area contributed by atoms with E-state index in [1.807, 2.05) is 20.8 Å². The minimum Gasteiger partial charge on any atom is -0.490 e. The molecule has 1 fully saturated rings. The van der Waals surface area contributed by atoms with Gasteiger partial charge in [-0.2, -0.15) is 5.26 Å². The number of ether oxygens (including phenoxy) is 1. The molecule has 0 radical (unpaired) electrons. The summed E-state index contributed by atoms with van der Waals surface area (Å²) in [4.78, 5) is 0. The van der Waals surface area contributed by atoms with Crippen molar-refractivity contribution in [1.29, 1.82) is 5.26 Å². The summed E-state index contributed by atoms with van der Waals surface area (Å²) in [5, 5.41) is 12.8. The fourth-order valence-electron chi connectivity index (χ4n) is 2.80. The predicted octanol–water partition coefficient (Wildman–Crippen LogP) is 3.33. The van der Waals surface area contributed by atoms with E-state index in [0.717, 1.165) is 18.4 Å². The molecule has 2 unspecified atom stereocenters. The van der Waals surface area contributed by atoms with E-state index in [9.17, 15) is 9.65 Å². The molecule has 0 bridgehead atoms. The Morgan fingerprint density at radius 1 is 1.50 bits per heavy atom. The summed E-state index contributed by atoms with van der Waals surface area (Å²) in [6.07, 6.45) is 2.17. The Balaban J connectivity index is 2.06. The van der Waals surface area contributed by atoms with Gasteiger partial charge in [0.1, 0.15) is 23.2 Å². The standard InChI is InChI=1S/C16H21FN2O/c1-11(2)19-16(10-18)7-6-14(9-16)20-15-8-13(17)5-4-12(15)3/h4-5,8,11,14,19H,6-7,9H2,1-3H3. The first-order valence-corrected chi connectivity index (χ1v) is 7.06. The molecule has 0 heterocycles. The first-order chi connectivity index (χ1) is 9.44. The highest BCUT2D eigenvalue weighted by atomic mass is 19.1. The van der Waals surface area contributed by atoms with Crippen LogP contribution in [-0.2, 0) is 0 Å². The lowest BCUT2D eigenvalue weighted by Crippen LogP contribution is -2.46. The lowest BCUT2D eigenvalue weighted by Gasteiger charge is -2.25. The van der Waals surface area contributed by atoms with Crippen molar-refractivity contribution in [2.24, 2.45) is 0 Å². The van der Waals surface area contributed by atoms with Gasteiger partial charge in [-0.25, -0.2) is 4.39 Å². The first-order valence-electron chi connectivity index (χ1n) is 7.06. The van der Waals surface area contributed by atoms with Crippen LogP contribution in [0.15, 0.2) is 18.2 Å². The Labute approximate surface area is 119 Å². The van der Waals surface area contributed by atoms with Gasteiger partial charge in [-0.15, -0.1) is 0 Å². The van der Waals surface area contributed by atoms with E-state index in [1.54, 1.807) is 6.07 Å². The molecule has 108 valence electrons. The van der Waals surface area contributed by atoms with Crippen LogP contribution >= 0.6 is 0 Å². The van der Waals surface area contributed by atoms with Gasteiger partial charge in [0.2, 0.25) is 0 Å². The topological polar surface area (TPSA) is 45.0 Å². The molecular weight excluding hydrogens is 255 g/mol. The van der Waals surface area contributed by atoms with Crippen molar-refractivity contribution in [1.82, 2.24) is 5.32 Å². The molecule has 4 heteroatoms. The highest BCUT2D eigenvalue weighted by molar-refractivity contribution is 5.33. The van der Waals surface area contributed by atoms with E-state index in [-0.39, 0.29) is 18.0 Å². The molecule has 1 aliphatic rings. The highest BCUT2D eigenvalue weighted by Crippen LogP contribution is 2.33. The molecule has 1 saturated carbocycles. The molecule has 0 saturated heterocycles. The number of nitriles is 1. The van der Waals surface area contributed by atoms with Crippen molar-refractivity contribution in [3.05, 3.63) is 29.6 Å². The van der Waals surface area contributed by atoms with Crippen LogP contribution in [-0.4, -0.2) is 17.7 Å². The van der Waals surface area contributed by atoms with E-state index in [0.29, 0.717) is 12.2 Å². The zero-order chi connectivity index (χ0) is 14.8. The Hall–Kier alpha value is -1.60. The van der Waals surface area contributed by atoms with Gasteiger partial charge in [-0.1, -0.05) is 6.07 Å². The summed E-state index contributed by atoms with van der Waals surface area (Å²) >= 11 is 0. The molecule has 20 heavy (non-hydrogen) atoms. The van der Waals surface area contributed by atoms with Crippen LogP contribution in [0, 0.1) is 24.1 Å². The lowest BCUT2D eigenvalue weighted by molar-refractivity contribution is 0.197. The zero-order valence-electron chi connectivity index (χ0n) is 12.2. The average molecular weight is 276 g/mol. The number of nitrogens with one attached hydrogen (secondary N) is 1. The Morgan fingerprint density at radius 2 is 2.25 bits per heavy atom. The molecular formula is C16H21FN2O. The van der Waals surface area contributed by atoms with Crippen molar-refractivity contribution in [3.8, 4) is 11.8 Å². The van der Waals surface area contributed by atoms with Crippen LogP contribution in [0.1, 0.15) is 38.7 Å². The molecule has 1 aliphatic carbocycles. The third-order valence-corrected chi connectivity index (χ3v) is 3.69. The predicted molar refractivity (Wildman–Crippen MR) is 76.0 cm³/mol. The summed E-state index contributed by atoms with van der Waals surface area (Å²) < 4.78 is 19.2. The van der Waals surface area contributed by atoms with Crippen molar-refractivity contribution in [2.75, 3.05) is 0 Å². The molecule has 1 aromatic rings. The Morgan fingerprint density at radius 3 is 2.90 bits per heavy atom. The van der Waals surface area contributed by atoms with Gasteiger partial charge < -0.3 is 4.74 Å². The lowest BCUT2D eigenvalue weighted by atomic mass is 9.98. The second-order valence-electron chi connectivity index (χ2n) is 5.89. The summed E-state index contributed by atoms with van der Waals surface area (Å²) in [5.74, 6) is 0.281. The number of rotatable bonds is 4. The first kappa shape index (κ1) is 14.8. The van der Waals surface area contributed by atoms with Crippen LogP contribution in [0.4, 0.5) is 4.39 Å². The maximum Gasteiger partial charge on any atom is 0.126 e. The van der Waals surface area contributed by atoms with Gasteiger partial charge in [0.05, 0.1) is 6.07 Å². The summed E-state index contributed by atoms with van der Waals surface area (Å²) in [6, 6.07) is 7.19. The monoisotopic (exact) mass is 276 g/mol. The molecule has 3 nitrogen and oxygen atoms in total. The summed E-state index contributed by atoms with van der Waals surface area (Å²) in [7, 11) is 0. The van der Waals surface area contributed by atoms with E-state index in [2.05, 4.69) is 11.4 Å². The SMILES string of the molecule is Cc1ccc(F)cc1OC1CCC(C#N)(NC(C)C)C1. The maximum absolute atomic E-state index is 13.3. The number of halogens is 1. The summed E-state index contributed by atoms with van der Waals surface area (Å²) in [5.41, 5.74) is 0.401. The number of aryl methyl sites for hydroxylation is 1. The average Bonchev–Trinajstić information content (AvgIpc) is 2.77. The molecule has 2 rings (SSSR count). The molecule has 0 amide bonds. The van der Waals surface area contributed by atoms with Gasteiger partial charge >= 0.3 is 0 Å². The second-order valence-corrected chi connectivity index (χ2v) is 5.89.